The number of anilines is 1. The van der Waals surface area contributed by atoms with E-state index in [1.807, 2.05) is 0 Å². The van der Waals surface area contributed by atoms with Gasteiger partial charge in [0.1, 0.15) is 0 Å². The normalized spacial score (nSPS) is 11.6. The molecule has 130 valence electrons. The van der Waals surface area contributed by atoms with Crippen LogP contribution in [0.2, 0.25) is 0 Å². The summed E-state index contributed by atoms with van der Waals surface area (Å²) in [6, 6.07) is 6.95. The summed E-state index contributed by atoms with van der Waals surface area (Å²) in [5.74, 6) is -2.85. The van der Waals surface area contributed by atoms with Crippen molar-refractivity contribution in [3.63, 3.8) is 0 Å². The molecule has 0 spiro atoms. The molecule has 0 bridgehead atoms. The third kappa shape index (κ3) is 2.94. The number of oxazole rings is 1. The van der Waals surface area contributed by atoms with Crippen LogP contribution < -0.4 is 15.6 Å². The average Bonchev–Trinajstić information content (AvgIpc) is 2.81. The van der Waals surface area contributed by atoms with Crippen LogP contribution in [0, 0.1) is 0 Å². The minimum atomic E-state index is -4.07. The standard InChI is InChI=1S/C15H12N2O7S/c1-17-11-5-3-9(7-13(11)24-15(17)21)25(22,23)16-8-2-4-10(14(19)20)12(18)6-8/h2-7,16,18H,1H3,(H,19,20)/p-1. The van der Waals surface area contributed by atoms with E-state index in [2.05, 4.69) is 4.72 Å². The van der Waals surface area contributed by atoms with Crippen LogP contribution in [0.25, 0.3) is 11.1 Å². The first-order chi connectivity index (χ1) is 11.7. The molecule has 1 aromatic heterocycles. The molecule has 0 unspecified atom stereocenters. The Kier molecular flexibility index (Phi) is 3.76. The van der Waals surface area contributed by atoms with Crippen molar-refractivity contribution in [1.29, 1.82) is 0 Å². The van der Waals surface area contributed by atoms with Crippen molar-refractivity contribution in [3.05, 3.63) is 52.5 Å². The molecule has 3 aromatic rings. The Morgan fingerprint density at radius 2 is 1.96 bits per heavy atom. The second kappa shape index (κ2) is 5.67. The molecule has 0 atom stereocenters. The van der Waals surface area contributed by atoms with Crippen LogP contribution >= 0.6 is 0 Å². The zero-order valence-electron chi connectivity index (χ0n) is 12.7. The van der Waals surface area contributed by atoms with Crippen molar-refractivity contribution in [3.8, 4) is 5.75 Å². The second-order valence-corrected chi connectivity index (χ2v) is 6.86. The number of hydrogen-bond acceptors (Lipinski definition) is 6. The number of aromatic carboxylic acids is 1. The minimum absolute atomic E-state index is 0.0791. The fourth-order valence-corrected chi connectivity index (χ4v) is 3.32. The number of hydrogen-bond donors (Lipinski definition) is 2. The summed E-state index contributed by atoms with van der Waals surface area (Å²) in [6.07, 6.45) is 0. The van der Waals surface area contributed by atoms with Crippen LogP contribution in [0.4, 0.5) is 5.69 Å². The zero-order valence-corrected chi connectivity index (χ0v) is 13.5. The number of carboxylic acids is 1. The topological polar surface area (TPSA) is 142 Å². The Hall–Kier alpha value is -3.27. The van der Waals surface area contributed by atoms with Gasteiger partial charge in [0.05, 0.1) is 16.0 Å². The van der Waals surface area contributed by atoms with E-state index in [-0.39, 0.29) is 16.2 Å². The first kappa shape index (κ1) is 16.6. The first-order valence-electron chi connectivity index (χ1n) is 6.86. The van der Waals surface area contributed by atoms with Gasteiger partial charge >= 0.3 is 11.7 Å². The van der Waals surface area contributed by atoms with Crippen LogP contribution in [0.1, 0.15) is 10.4 Å². The number of aryl methyl sites for hydroxylation is 1. The van der Waals surface area contributed by atoms with Gasteiger partial charge in [0.15, 0.2) is 5.58 Å². The van der Waals surface area contributed by atoms with E-state index in [9.17, 15) is 23.1 Å². The zero-order chi connectivity index (χ0) is 18.4. The van der Waals surface area contributed by atoms with Gasteiger partial charge in [-0.2, -0.15) is 0 Å². The Bertz CT molecular complexity index is 1160. The lowest BCUT2D eigenvalue weighted by atomic mass is 10.2. The number of nitrogens with zero attached hydrogens (tertiary/aromatic N) is 1. The van der Waals surface area contributed by atoms with Gasteiger partial charge in [0.25, 0.3) is 10.0 Å². The molecule has 2 aromatic carbocycles. The van der Waals surface area contributed by atoms with Gasteiger partial charge in [-0.15, -0.1) is 0 Å². The maximum atomic E-state index is 12.4. The van der Waals surface area contributed by atoms with Crippen LogP contribution in [0.5, 0.6) is 5.75 Å². The molecule has 0 radical (unpaired) electrons. The summed E-state index contributed by atoms with van der Waals surface area (Å²) in [7, 11) is -2.58. The molecule has 0 amide bonds. The molecule has 25 heavy (non-hydrogen) atoms. The lowest BCUT2D eigenvalue weighted by Gasteiger charge is -2.14. The second-order valence-electron chi connectivity index (χ2n) is 5.18. The fraction of sp³-hybridized carbons (Fsp3) is 0.0667. The van der Waals surface area contributed by atoms with E-state index in [0.717, 1.165) is 12.1 Å². The summed E-state index contributed by atoms with van der Waals surface area (Å²) in [4.78, 5) is 22.1. The average molecular weight is 363 g/mol. The Balaban J connectivity index is 1.98. The van der Waals surface area contributed by atoms with Crippen molar-refractivity contribution < 1.29 is 27.8 Å². The molecular weight excluding hydrogens is 352 g/mol. The van der Waals surface area contributed by atoms with Gasteiger partial charge in [0, 0.05) is 18.8 Å². The van der Waals surface area contributed by atoms with Crippen LogP contribution in [-0.4, -0.2) is 24.1 Å². The number of carbonyl (C=O) groups is 1. The molecule has 0 aliphatic heterocycles. The van der Waals surface area contributed by atoms with E-state index >= 15 is 0 Å². The SMILES string of the molecule is Cn1c(=O)oc2cc(S(=O)(=O)Nc3ccc(C(=O)O)c([O-])c3)ccc21. The number of fused-ring (bicyclic) bond motifs is 1. The van der Waals surface area contributed by atoms with Gasteiger partial charge in [0.2, 0.25) is 0 Å². The molecule has 9 nitrogen and oxygen atoms in total. The van der Waals surface area contributed by atoms with Gasteiger partial charge in [-0.1, -0.05) is 5.75 Å². The molecule has 0 aliphatic rings. The van der Waals surface area contributed by atoms with E-state index < -0.39 is 33.1 Å². The van der Waals surface area contributed by atoms with Crippen molar-refractivity contribution in [2.24, 2.45) is 7.05 Å². The van der Waals surface area contributed by atoms with Crippen molar-refractivity contribution in [2.45, 2.75) is 4.90 Å². The minimum Gasteiger partial charge on any atom is -0.872 e. The van der Waals surface area contributed by atoms with Crippen LogP contribution in [-0.2, 0) is 17.1 Å². The highest BCUT2D eigenvalue weighted by atomic mass is 32.2. The van der Waals surface area contributed by atoms with Gasteiger partial charge in [-0.3, -0.25) is 9.29 Å². The number of sulfonamides is 1. The lowest BCUT2D eigenvalue weighted by molar-refractivity contribution is -0.268. The van der Waals surface area contributed by atoms with E-state index in [1.54, 1.807) is 0 Å². The third-order valence-electron chi connectivity index (χ3n) is 3.54. The maximum Gasteiger partial charge on any atom is 0.419 e. The third-order valence-corrected chi connectivity index (χ3v) is 4.92. The van der Waals surface area contributed by atoms with Crippen LogP contribution in [0.3, 0.4) is 0 Å². The highest BCUT2D eigenvalue weighted by Crippen LogP contribution is 2.24. The van der Waals surface area contributed by atoms with Crippen molar-refractivity contribution >= 4 is 32.8 Å². The number of nitrogens with one attached hydrogen (secondary N) is 1. The highest BCUT2D eigenvalue weighted by molar-refractivity contribution is 7.92. The highest BCUT2D eigenvalue weighted by Gasteiger charge is 2.17. The molecule has 10 heteroatoms. The van der Waals surface area contributed by atoms with Gasteiger partial charge in [-0.25, -0.2) is 18.0 Å². The van der Waals surface area contributed by atoms with Crippen molar-refractivity contribution in [2.75, 3.05) is 4.72 Å². The largest absolute Gasteiger partial charge is 0.872 e. The Morgan fingerprint density at radius 3 is 2.60 bits per heavy atom. The number of benzene rings is 2. The Labute approximate surface area is 140 Å². The van der Waals surface area contributed by atoms with E-state index in [4.69, 9.17) is 9.52 Å². The van der Waals surface area contributed by atoms with Gasteiger partial charge in [-0.05, 0) is 30.3 Å². The van der Waals surface area contributed by atoms with Crippen LogP contribution in [0.15, 0.2) is 50.5 Å². The predicted molar refractivity (Wildman–Crippen MR) is 85.1 cm³/mol. The molecule has 3 rings (SSSR count). The number of rotatable bonds is 4. The molecule has 0 aliphatic carbocycles. The fourth-order valence-electron chi connectivity index (χ4n) is 2.26. The quantitative estimate of drug-likeness (QED) is 0.695. The molecule has 0 saturated heterocycles. The predicted octanol–water partition coefficient (Wildman–Crippen LogP) is 0.704. The van der Waals surface area contributed by atoms with Crippen molar-refractivity contribution in [1.82, 2.24) is 4.57 Å². The molecule has 0 saturated carbocycles. The summed E-state index contributed by atoms with van der Waals surface area (Å²) in [6.45, 7) is 0. The van der Waals surface area contributed by atoms with Gasteiger partial charge < -0.3 is 14.6 Å². The van der Waals surface area contributed by atoms with E-state index in [0.29, 0.717) is 5.52 Å². The number of carboxylic acid groups (broad SMARTS) is 1. The number of aromatic nitrogens is 1. The molecule has 1 heterocycles. The molecule has 2 N–H and O–H groups in total. The Morgan fingerprint density at radius 1 is 1.24 bits per heavy atom. The maximum absolute atomic E-state index is 12.4. The van der Waals surface area contributed by atoms with E-state index in [1.165, 1.54) is 35.9 Å². The monoisotopic (exact) mass is 363 g/mol. The molecule has 0 fully saturated rings. The smallest absolute Gasteiger partial charge is 0.419 e. The summed E-state index contributed by atoms with van der Waals surface area (Å²) >= 11 is 0. The molecular formula is C15H11N2O7S-. The lowest BCUT2D eigenvalue weighted by Crippen LogP contribution is -2.14. The summed E-state index contributed by atoms with van der Waals surface area (Å²) < 4.78 is 33.2. The summed E-state index contributed by atoms with van der Waals surface area (Å²) in [5.41, 5.74) is -0.0160. The first-order valence-corrected chi connectivity index (χ1v) is 8.34. The summed E-state index contributed by atoms with van der Waals surface area (Å²) in [5, 5.41) is 20.5.